The van der Waals surface area contributed by atoms with Crippen LogP contribution < -0.4 is 4.90 Å². The average Bonchev–Trinajstić information content (AvgIpc) is 3.23. The van der Waals surface area contributed by atoms with Crippen LogP contribution in [-0.4, -0.2) is 46.5 Å². The number of aromatic nitrogens is 3. The van der Waals surface area contributed by atoms with E-state index < -0.39 is 0 Å². The number of thioether (sulfide) groups is 1. The summed E-state index contributed by atoms with van der Waals surface area (Å²) >= 11 is 3.25. The third kappa shape index (κ3) is 2.77. The first-order chi connectivity index (χ1) is 12.5. The predicted octanol–water partition coefficient (Wildman–Crippen LogP) is 4.00. The van der Waals surface area contributed by atoms with E-state index in [-0.39, 0.29) is 6.61 Å². The molecule has 0 saturated carbocycles. The SMILES string of the molecule is CSc1nc(N(C)CCO)c2sc3nc(C(C)C)c4c(c3c2n1)CCC4. The molecule has 1 aliphatic carbocycles. The molecule has 138 valence electrons. The molecule has 0 unspecified atom stereocenters. The van der Waals surface area contributed by atoms with Crippen molar-refractivity contribution in [3.05, 3.63) is 16.8 Å². The highest BCUT2D eigenvalue weighted by Crippen LogP contribution is 2.43. The molecule has 0 fully saturated rings. The molecule has 0 amide bonds. The number of nitrogens with zero attached hydrogens (tertiary/aromatic N) is 4. The van der Waals surface area contributed by atoms with Crippen LogP contribution in [0, 0.1) is 0 Å². The van der Waals surface area contributed by atoms with E-state index in [2.05, 4.69) is 13.8 Å². The van der Waals surface area contributed by atoms with E-state index in [1.54, 1.807) is 23.1 Å². The Morgan fingerprint density at radius 1 is 1.19 bits per heavy atom. The summed E-state index contributed by atoms with van der Waals surface area (Å²) in [7, 11) is 1.98. The van der Waals surface area contributed by atoms with E-state index in [4.69, 9.17) is 15.0 Å². The smallest absolute Gasteiger partial charge is 0.189 e. The summed E-state index contributed by atoms with van der Waals surface area (Å²) in [5, 5.41) is 11.4. The molecule has 0 atom stereocenters. The molecule has 5 nitrogen and oxygen atoms in total. The van der Waals surface area contributed by atoms with Crippen LogP contribution in [0.3, 0.4) is 0 Å². The highest BCUT2D eigenvalue weighted by atomic mass is 32.2. The minimum atomic E-state index is 0.104. The van der Waals surface area contributed by atoms with E-state index in [1.807, 2.05) is 18.2 Å². The summed E-state index contributed by atoms with van der Waals surface area (Å²) < 4.78 is 1.08. The summed E-state index contributed by atoms with van der Waals surface area (Å²) in [6.45, 7) is 5.11. The molecule has 0 radical (unpaired) electrons. The lowest BCUT2D eigenvalue weighted by Crippen LogP contribution is -2.22. The van der Waals surface area contributed by atoms with E-state index in [0.717, 1.165) is 38.9 Å². The summed E-state index contributed by atoms with van der Waals surface area (Å²) in [6, 6.07) is 0. The van der Waals surface area contributed by atoms with Crippen molar-refractivity contribution in [2.45, 2.75) is 44.2 Å². The Kier molecular flexibility index (Phi) is 4.79. The van der Waals surface area contributed by atoms with Crippen molar-refractivity contribution >= 4 is 49.3 Å². The number of aliphatic hydroxyl groups is 1. The second-order valence-corrected chi connectivity index (χ2v) is 8.87. The maximum absolute atomic E-state index is 9.36. The summed E-state index contributed by atoms with van der Waals surface area (Å²) in [5.41, 5.74) is 5.18. The number of hydrogen-bond donors (Lipinski definition) is 1. The van der Waals surface area contributed by atoms with Crippen LogP contribution in [-0.2, 0) is 12.8 Å². The monoisotopic (exact) mass is 388 g/mol. The fraction of sp³-hybridized carbons (Fsp3) is 0.526. The van der Waals surface area contributed by atoms with Crippen LogP contribution in [0.25, 0.3) is 20.4 Å². The number of aryl methyl sites for hydroxylation is 1. The highest BCUT2D eigenvalue weighted by molar-refractivity contribution is 7.98. The molecule has 1 N–H and O–H groups in total. The van der Waals surface area contributed by atoms with Crippen LogP contribution >= 0.6 is 23.1 Å². The van der Waals surface area contributed by atoms with E-state index in [1.165, 1.54) is 28.6 Å². The number of fused-ring (bicyclic) bond motifs is 5. The quantitative estimate of drug-likeness (QED) is 0.526. The number of hydrogen-bond acceptors (Lipinski definition) is 7. The van der Waals surface area contributed by atoms with Gasteiger partial charge < -0.3 is 10.0 Å². The van der Waals surface area contributed by atoms with Gasteiger partial charge in [-0.15, -0.1) is 11.3 Å². The lowest BCUT2D eigenvalue weighted by atomic mass is 9.99. The van der Waals surface area contributed by atoms with Gasteiger partial charge in [-0.1, -0.05) is 25.6 Å². The van der Waals surface area contributed by atoms with Crippen LogP contribution in [0.4, 0.5) is 5.82 Å². The number of thiophene rings is 1. The molecular formula is C19H24N4OS2. The molecule has 0 bridgehead atoms. The van der Waals surface area contributed by atoms with E-state index in [9.17, 15) is 5.11 Å². The molecule has 0 spiro atoms. The maximum Gasteiger partial charge on any atom is 0.189 e. The lowest BCUT2D eigenvalue weighted by molar-refractivity contribution is 0.304. The molecule has 26 heavy (non-hydrogen) atoms. The number of aliphatic hydroxyl groups excluding tert-OH is 1. The van der Waals surface area contributed by atoms with Gasteiger partial charge in [0.05, 0.1) is 16.8 Å². The summed E-state index contributed by atoms with van der Waals surface area (Å²) in [5.74, 6) is 1.33. The predicted molar refractivity (Wildman–Crippen MR) is 111 cm³/mol. The third-order valence-corrected chi connectivity index (χ3v) is 6.67. The third-order valence-electron chi connectivity index (χ3n) is 5.05. The highest BCUT2D eigenvalue weighted by Gasteiger charge is 2.26. The van der Waals surface area contributed by atoms with Crippen LogP contribution in [0.2, 0.25) is 0 Å². The van der Waals surface area contributed by atoms with Crippen LogP contribution in [0.15, 0.2) is 5.16 Å². The zero-order chi connectivity index (χ0) is 18.4. The molecule has 0 aromatic carbocycles. The Morgan fingerprint density at radius 3 is 2.65 bits per heavy atom. The lowest BCUT2D eigenvalue weighted by Gasteiger charge is -2.17. The number of likely N-dealkylation sites (N-methyl/N-ethyl adjacent to an activating group) is 1. The second kappa shape index (κ2) is 6.94. The Balaban J connectivity index is 2.08. The van der Waals surface area contributed by atoms with Crippen molar-refractivity contribution in [3.8, 4) is 0 Å². The van der Waals surface area contributed by atoms with Gasteiger partial charge in [-0.2, -0.15) is 0 Å². The summed E-state index contributed by atoms with van der Waals surface area (Å²) in [6.07, 6.45) is 5.44. The van der Waals surface area contributed by atoms with Gasteiger partial charge in [-0.3, -0.25) is 0 Å². The molecule has 0 aliphatic heterocycles. The molecule has 3 heterocycles. The van der Waals surface area contributed by atoms with Gasteiger partial charge in [-0.25, -0.2) is 15.0 Å². The van der Waals surface area contributed by atoms with Gasteiger partial charge in [-0.05, 0) is 42.6 Å². The molecule has 3 aromatic rings. The van der Waals surface area contributed by atoms with Crippen molar-refractivity contribution in [1.29, 1.82) is 0 Å². The van der Waals surface area contributed by atoms with Gasteiger partial charge >= 0.3 is 0 Å². The fourth-order valence-corrected chi connectivity index (χ4v) is 5.40. The number of anilines is 1. The maximum atomic E-state index is 9.36. The first kappa shape index (κ1) is 17.9. The zero-order valence-corrected chi connectivity index (χ0v) is 17.3. The van der Waals surface area contributed by atoms with Crippen molar-refractivity contribution in [1.82, 2.24) is 15.0 Å². The van der Waals surface area contributed by atoms with Crippen molar-refractivity contribution in [3.63, 3.8) is 0 Å². The van der Waals surface area contributed by atoms with Crippen molar-refractivity contribution in [2.24, 2.45) is 0 Å². The Hall–Kier alpha value is -1.44. The van der Waals surface area contributed by atoms with Gasteiger partial charge in [0.25, 0.3) is 0 Å². The number of pyridine rings is 1. The summed E-state index contributed by atoms with van der Waals surface area (Å²) in [4.78, 5) is 17.8. The molecule has 4 rings (SSSR count). The number of rotatable bonds is 5. The minimum absolute atomic E-state index is 0.104. The van der Waals surface area contributed by atoms with Crippen molar-refractivity contribution < 1.29 is 5.11 Å². The van der Waals surface area contributed by atoms with Crippen LogP contribution in [0.5, 0.6) is 0 Å². The Labute approximate surface area is 161 Å². The molecule has 3 aromatic heterocycles. The van der Waals surface area contributed by atoms with Gasteiger partial charge in [0, 0.05) is 24.7 Å². The Bertz CT molecular complexity index is 983. The average molecular weight is 389 g/mol. The van der Waals surface area contributed by atoms with E-state index >= 15 is 0 Å². The van der Waals surface area contributed by atoms with Gasteiger partial charge in [0.15, 0.2) is 11.0 Å². The first-order valence-corrected chi connectivity index (χ1v) is 11.1. The molecular weight excluding hydrogens is 364 g/mol. The molecule has 7 heteroatoms. The van der Waals surface area contributed by atoms with Gasteiger partial charge in [0.1, 0.15) is 4.83 Å². The first-order valence-electron chi connectivity index (χ1n) is 9.07. The van der Waals surface area contributed by atoms with Crippen molar-refractivity contribution in [2.75, 3.05) is 31.4 Å². The normalized spacial score (nSPS) is 13.9. The van der Waals surface area contributed by atoms with E-state index in [0.29, 0.717) is 12.5 Å². The molecule has 0 saturated heterocycles. The molecule has 1 aliphatic rings. The largest absolute Gasteiger partial charge is 0.395 e. The zero-order valence-electron chi connectivity index (χ0n) is 15.7. The second-order valence-electron chi connectivity index (χ2n) is 7.10. The van der Waals surface area contributed by atoms with Gasteiger partial charge in [0.2, 0.25) is 0 Å². The Morgan fingerprint density at radius 2 is 1.96 bits per heavy atom. The topological polar surface area (TPSA) is 62.1 Å². The fourth-order valence-electron chi connectivity index (χ4n) is 3.84. The minimum Gasteiger partial charge on any atom is -0.395 e. The standard InChI is InChI=1S/C19H24N4OS2/c1-10(2)14-12-7-5-6-11(12)13-15-16(26-18(13)20-14)17(23(3)8-9-24)22-19(21-15)25-4/h10,24H,5-9H2,1-4H3. The van der Waals surface area contributed by atoms with Crippen LogP contribution in [0.1, 0.15) is 43.0 Å².